The third kappa shape index (κ3) is 3.94. The Labute approximate surface area is 122 Å². The zero-order valence-corrected chi connectivity index (χ0v) is 13.2. The molecule has 1 fully saturated rings. The van der Waals surface area contributed by atoms with E-state index in [0.29, 0.717) is 10.2 Å². The molecule has 1 aromatic carbocycles. The van der Waals surface area contributed by atoms with Gasteiger partial charge in [0.25, 0.3) is 0 Å². The molecular weight excluding hydrogens is 330 g/mol. The molecule has 0 radical (unpaired) electrons. The van der Waals surface area contributed by atoms with Crippen LogP contribution in [-0.4, -0.2) is 14.5 Å². The average Bonchev–Trinajstić information content (AvgIpc) is 2.33. The van der Waals surface area contributed by atoms with Crippen LogP contribution < -0.4 is 9.88 Å². The quantitative estimate of drug-likeness (QED) is 0.913. The zero-order valence-electron chi connectivity index (χ0n) is 10.8. The first-order valence-electron chi connectivity index (χ1n) is 6.35. The van der Waals surface area contributed by atoms with Gasteiger partial charge in [-0.2, -0.15) is 0 Å². The molecule has 1 aromatic rings. The third-order valence-electron chi connectivity index (χ3n) is 3.49. The van der Waals surface area contributed by atoms with E-state index in [0.717, 1.165) is 18.8 Å². The molecule has 2 N–H and O–H groups in total. The van der Waals surface area contributed by atoms with Crippen LogP contribution in [0.15, 0.2) is 27.6 Å². The lowest BCUT2D eigenvalue weighted by Gasteiger charge is -2.27. The van der Waals surface area contributed by atoms with Crippen LogP contribution in [-0.2, 0) is 10.0 Å². The molecule has 0 bridgehead atoms. The standard InChI is InChI=1S/C13H18BrNO3S/c1-9-2-4-10(5-3-9)18-13-7-6-11(8-12(13)14)19(15,16)17/h6-10H,2-5H2,1H3,(H2,15,16,17). The fourth-order valence-electron chi connectivity index (χ4n) is 2.28. The number of hydrogen-bond acceptors (Lipinski definition) is 3. The Bertz CT molecular complexity index is 551. The van der Waals surface area contributed by atoms with Crippen LogP contribution >= 0.6 is 15.9 Å². The van der Waals surface area contributed by atoms with Crippen LogP contribution in [0.5, 0.6) is 5.75 Å². The summed E-state index contributed by atoms with van der Waals surface area (Å²) in [6, 6.07) is 4.61. The van der Waals surface area contributed by atoms with Gasteiger partial charge >= 0.3 is 0 Å². The van der Waals surface area contributed by atoms with Crippen LogP contribution in [0.4, 0.5) is 0 Å². The minimum Gasteiger partial charge on any atom is -0.489 e. The number of ether oxygens (including phenoxy) is 1. The molecule has 0 spiro atoms. The Kier molecular flexibility index (Phi) is 4.53. The van der Waals surface area contributed by atoms with Gasteiger partial charge in [0.15, 0.2) is 0 Å². The van der Waals surface area contributed by atoms with Crippen LogP contribution in [0, 0.1) is 5.92 Å². The van der Waals surface area contributed by atoms with Gasteiger partial charge < -0.3 is 4.74 Å². The van der Waals surface area contributed by atoms with Crippen molar-refractivity contribution in [3.63, 3.8) is 0 Å². The van der Waals surface area contributed by atoms with Gasteiger partial charge in [-0.15, -0.1) is 0 Å². The second-order valence-corrected chi connectivity index (χ2v) is 7.55. The largest absolute Gasteiger partial charge is 0.489 e. The van der Waals surface area contributed by atoms with Crippen molar-refractivity contribution in [3.8, 4) is 5.75 Å². The van der Waals surface area contributed by atoms with Crippen molar-refractivity contribution in [2.75, 3.05) is 0 Å². The molecule has 6 heteroatoms. The predicted molar refractivity (Wildman–Crippen MR) is 77.6 cm³/mol. The molecule has 2 rings (SSSR count). The summed E-state index contributed by atoms with van der Waals surface area (Å²) in [6.45, 7) is 2.26. The minimum atomic E-state index is -3.67. The number of rotatable bonds is 3. The Morgan fingerprint density at radius 3 is 2.42 bits per heavy atom. The number of benzene rings is 1. The van der Waals surface area contributed by atoms with Crippen LogP contribution in [0.1, 0.15) is 32.6 Å². The molecule has 4 nitrogen and oxygen atoms in total. The first-order chi connectivity index (χ1) is 8.86. The molecular formula is C13H18BrNO3S. The second kappa shape index (κ2) is 5.81. The maximum absolute atomic E-state index is 11.2. The number of hydrogen-bond donors (Lipinski definition) is 1. The van der Waals surface area contributed by atoms with Gasteiger partial charge in [-0.25, -0.2) is 13.6 Å². The molecule has 1 aliphatic rings. The first kappa shape index (κ1) is 14.8. The monoisotopic (exact) mass is 347 g/mol. The lowest BCUT2D eigenvalue weighted by atomic mass is 9.89. The highest BCUT2D eigenvalue weighted by Gasteiger charge is 2.20. The Morgan fingerprint density at radius 2 is 1.89 bits per heavy atom. The van der Waals surface area contributed by atoms with Crippen LogP contribution in [0.3, 0.4) is 0 Å². The van der Waals surface area contributed by atoms with Crippen LogP contribution in [0.2, 0.25) is 0 Å². The van der Waals surface area contributed by atoms with Gasteiger partial charge in [-0.1, -0.05) is 6.92 Å². The molecule has 0 aromatic heterocycles. The second-order valence-electron chi connectivity index (χ2n) is 5.14. The summed E-state index contributed by atoms with van der Waals surface area (Å²) in [5.41, 5.74) is 0. The van der Waals surface area contributed by atoms with Crippen molar-refractivity contribution in [2.45, 2.75) is 43.6 Å². The van der Waals surface area contributed by atoms with Gasteiger partial charge in [0.2, 0.25) is 10.0 Å². The smallest absolute Gasteiger partial charge is 0.238 e. The average molecular weight is 348 g/mol. The van der Waals surface area contributed by atoms with Crippen molar-refractivity contribution in [1.82, 2.24) is 0 Å². The molecule has 0 aliphatic heterocycles. The Hall–Kier alpha value is -0.590. The van der Waals surface area contributed by atoms with Gasteiger partial charge in [-0.05, 0) is 65.7 Å². The van der Waals surface area contributed by atoms with Crippen molar-refractivity contribution in [3.05, 3.63) is 22.7 Å². The summed E-state index contributed by atoms with van der Waals surface area (Å²) < 4.78 is 29.0. The SMILES string of the molecule is CC1CCC(Oc2ccc(S(N)(=O)=O)cc2Br)CC1. The topological polar surface area (TPSA) is 69.4 Å². The van der Waals surface area contributed by atoms with E-state index in [-0.39, 0.29) is 11.0 Å². The maximum Gasteiger partial charge on any atom is 0.238 e. The molecule has 0 amide bonds. The highest BCUT2D eigenvalue weighted by Crippen LogP contribution is 2.32. The summed E-state index contributed by atoms with van der Waals surface area (Å²) in [4.78, 5) is 0.0870. The third-order valence-corrected chi connectivity index (χ3v) is 5.02. The van der Waals surface area contributed by atoms with E-state index in [1.807, 2.05) is 0 Å². The fraction of sp³-hybridized carbons (Fsp3) is 0.538. The normalized spacial score (nSPS) is 24.2. The molecule has 106 valence electrons. The molecule has 1 saturated carbocycles. The number of nitrogens with two attached hydrogens (primary N) is 1. The lowest BCUT2D eigenvalue weighted by Crippen LogP contribution is -2.23. The van der Waals surface area contributed by atoms with Gasteiger partial charge in [-0.3, -0.25) is 0 Å². The fourth-order valence-corrected chi connectivity index (χ4v) is 3.44. The molecule has 19 heavy (non-hydrogen) atoms. The molecule has 0 saturated heterocycles. The minimum absolute atomic E-state index is 0.0870. The van der Waals surface area contributed by atoms with Gasteiger partial charge in [0.05, 0.1) is 15.5 Å². The van der Waals surface area contributed by atoms with E-state index >= 15 is 0 Å². The molecule has 0 unspecified atom stereocenters. The van der Waals surface area contributed by atoms with Gasteiger partial charge in [0, 0.05) is 0 Å². The molecule has 0 atom stereocenters. The van der Waals surface area contributed by atoms with Crippen molar-refractivity contribution < 1.29 is 13.2 Å². The summed E-state index contributed by atoms with van der Waals surface area (Å²) in [6.07, 6.45) is 4.66. The van der Waals surface area contributed by atoms with E-state index in [1.165, 1.54) is 25.0 Å². The highest BCUT2D eigenvalue weighted by molar-refractivity contribution is 9.10. The van der Waals surface area contributed by atoms with E-state index in [9.17, 15) is 8.42 Å². The van der Waals surface area contributed by atoms with Crippen molar-refractivity contribution in [1.29, 1.82) is 0 Å². The van der Waals surface area contributed by atoms with E-state index in [1.54, 1.807) is 6.07 Å². The number of halogens is 1. The van der Waals surface area contributed by atoms with E-state index < -0.39 is 10.0 Å². The summed E-state index contributed by atoms with van der Waals surface area (Å²) in [5, 5.41) is 5.09. The van der Waals surface area contributed by atoms with Crippen LogP contribution in [0.25, 0.3) is 0 Å². The molecule has 0 heterocycles. The first-order valence-corrected chi connectivity index (χ1v) is 8.69. The van der Waals surface area contributed by atoms with E-state index in [2.05, 4.69) is 22.9 Å². The summed E-state index contributed by atoms with van der Waals surface area (Å²) in [5.74, 6) is 1.44. The molecule has 1 aliphatic carbocycles. The zero-order chi connectivity index (χ0) is 14.0. The summed E-state index contributed by atoms with van der Waals surface area (Å²) in [7, 11) is -3.67. The lowest BCUT2D eigenvalue weighted by molar-refractivity contribution is 0.134. The predicted octanol–water partition coefficient (Wildman–Crippen LogP) is 3.05. The Balaban J connectivity index is 2.09. The van der Waals surface area contributed by atoms with Gasteiger partial charge in [0.1, 0.15) is 5.75 Å². The summed E-state index contributed by atoms with van der Waals surface area (Å²) >= 11 is 3.33. The van der Waals surface area contributed by atoms with Crippen molar-refractivity contribution >= 4 is 26.0 Å². The Morgan fingerprint density at radius 1 is 1.26 bits per heavy atom. The number of primary sulfonamides is 1. The van der Waals surface area contributed by atoms with Crippen molar-refractivity contribution in [2.24, 2.45) is 11.1 Å². The maximum atomic E-state index is 11.2. The van der Waals surface area contributed by atoms with E-state index in [4.69, 9.17) is 9.88 Å². The highest BCUT2D eigenvalue weighted by atomic mass is 79.9. The number of sulfonamides is 1.